The molecule has 2 nitrogen and oxygen atoms in total. The molecule has 12 rings (SSSR count). The molecule has 58 heavy (non-hydrogen) atoms. The number of rotatable bonds is 5. The average Bonchev–Trinajstić information content (AvgIpc) is 3.84. The molecule has 0 saturated carbocycles. The molecule has 0 bridgehead atoms. The normalized spacial score (nSPS) is 15.6. The molecule has 0 amide bonds. The molecule has 2 aliphatic rings. The maximum Gasteiger partial charge on any atom is 0.128 e. The van der Waals surface area contributed by atoms with Gasteiger partial charge in [-0.25, -0.2) is 0 Å². The zero-order valence-electron chi connectivity index (χ0n) is 31.7. The van der Waals surface area contributed by atoms with Gasteiger partial charge in [0, 0.05) is 27.9 Å². The van der Waals surface area contributed by atoms with E-state index in [4.69, 9.17) is 4.74 Å². The minimum absolute atomic E-state index is 0.0911. The Balaban J connectivity index is 0.966. The van der Waals surface area contributed by atoms with Crippen molar-refractivity contribution >= 4 is 43.4 Å². The Bertz CT molecular complexity index is 3250. The molecular weight excluding hydrogens is 703 g/mol. The second-order valence-corrected chi connectivity index (χ2v) is 15.6. The minimum Gasteiger partial charge on any atom is -0.485 e. The highest BCUT2D eigenvalue weighted by atomic mass is 16.5. The van der Waals surface area contributed by atoms with E-state index >= 15 is 0 Å². The predicted molar refractivity (Wildman–Crippen MR) is 243 cm³/mol. The van der Waals surface area contributed by atoms with Crippen molar-refractivity contribution in [3.8, 4) is 55.9 Å². The Hall–Kier alpha value is -7.42. The largest absolute Gasteiger partial charge is 0.485 e. The summed E-state index contributed by atoms with van der Waals surface area (Å²) in [6, 6.07) is 69.1. The summed E-state index contributed by atoms with van der Waals surface area (Å²) >= 11 is 0. The standard InChI is InChI=1S/C56H37NO/c1-2-15-42(16-3-1)57-51-23-10-8-17-43(51)49-34-40(29-31-52(49)57)38-13-12-14-41(33-38)56-47-21-6-4-19-45(47)55(46-20-5-7-22-48(46)56)37-27-25-36(26-28-37)39-30-32-54-50(35-39)44-18-9-11-24-53(44)58-54/h1-35,44,53H. The average molecular weight is 740 g/mol. The van der Waals surface area contributed by atoms with Crippen molar-refractivity contribution < 1.29 is 4.74 Å². The van der Waals surface area contributed by atoms with Crippen LogP contribution >= 0.6 is 0 Å². The number of para-hydroxylation sites is 2. The summed E-state index contributed by atoms with van der Waals surface area (Å²) in [5.41, 5.74) is 14.6. The number of hydrogen-bond acceptors (Lipinski definition) is 1. The lowest BCUT2D eigenvalue weighted by Gasteiger charge is -2.18. The van der Waals surface area contributed by atoms with Gasteiger partial charge in [-0.2, -0.15) is 0 Å². The fraction of sp³-hybridized carbons (Fsp3) is 0.0357. The third kappa shape index (κ3) is 5.12. The van der Waals surface area contributed by atoms with E-state index < -0.39 is 0 Å². The first-order valence-corrected chi connectivity index (χ1v) is 20.2. The molecule has 10 aromatic rings. The summed E-state index contributed by atoms with van der Waals surface area (Å²) in [4.78, 5) is 0. The van der Waals surface area contributed by atoms with Crippen LogP contribution in [0, 0.1) is 0 Å². The van der Waals surface area contributed by atoms with Crippen molar-refractivity contribution in [2.45, 2.75) is 12.0 Å². The molecule has 1 aromatic heterocycles. The lowest BCUT2D eigenvalue weighted by Crippen LogP contribution is -2.15. The van der Waals surface area contributed by atoms with Crippen LogP contribution in [0.4, 0.5) is 0 Å². The van der Waals surface area contributed by atoms with Gasteiger partial charge in [0.25, 0.3) is 0 Å². The highest BCUT2D eigenvalue weighted by molar-refractivity contribution is 6.21. The summed E-state index contributed by atoms with van der Waals surface area (Å²) in [7, 11) is 0. The fourth-order valence-corrected chi connectivity index (χ4v) is 9.66. The zero-order chi connectivity index (χ0) is 38.2. The molecule has 2 heteroatoms. The molecule has 272 valence electrons. The van der Waals surface area contributed by atoms with Crippen LogP contribution in [0.2, 0.25) is 0 Å². The molecule has 2 atom stereocenters. The van der Waals surface area contributed by atoms with Crippen LogP contribution in [-0.2, 0) is 0 Å². The van der Waals surface area contributed by atoms with Crippen LogP contribution in [0.25, 0.3) is 93.5 Å². The minimum atomic E-state index is 0.0911. The second-order valence-electron chi connectivity index (χ2n) is 15.6. The van der Waals surface area contributed by atoms with Crippen molar-refractivity contribution in [1.29, 1.82) is 0 Å². The van der Waals surface area contributed by atoms with Crippen molar-refractivity contribution in [1.82, 2.24) is 4.57 Å². The van der Waals surface area contributed by atoms with Crippen LogP contribution in [0.5, 0.6) is 5.75 Å². The molecule has 2 unspecified atom stereocenters. The van der Waals surface area contributed by atoms with Crippen molar-refractivity contribution in [3.63, 3.8) is 0 Å². The molecule has 0 saturated heterocycles. The van der Waals surface area contributed by atoms with Crippen molar-refractivity contribution in [3.05, 3.63) is 218 Å². The fourth-order valence-electron chi connectivity index (χ4n) is 9.66. The molecule has 0 fully saturated rings. The second kappa shape index (κ2) is 13.1. The van der Waals surface area contributed by atoms with E-state index in [0.29, 0.717) is 0 Å². The van der Waals surface area contributed by atoms with E-state index in [1.807, 2.05) is 0 Å². The summed E-state index contributed by atoms with van der Waals surface area (Å²) in [6.45, 7) is 0. The molecule has 0 radical (unpaired) electrons. The van der Waals surface area contributed by atoms with Crippen molar-refractivity contribution in [2.75, 3.05) is 0 Å². The van der Waals surface area contributed by atoms with Crippen LogP contribution in [0.15, 0.2) is 212 Å². The summed E-state index contributed by atoms with van der Waals surface area (Å²) in [5.74, 6) is 1.26. The predicted octanol–water partition coefficient (Wildman–Crippen LogP) is 14.7. The van der Waals surface area contributed by atoms with E-state index in [0.717, 1.165) is 5.75 Å². The van der Waals surface area contributed by atoms with Crippen LogP contribution in [0.3, 0.4) is 0 Å². The lowest BCUT2D eigenvalue weighted by molar-refractivity contribution is 0.269. The van der Waals surface area contributed by atoms with Gasteiger partial charge in [0.05, 0.1) is 11.0 Å². The van der Waals surface area contributed by atoms with Gasteiger partial charge in [0.2, 0.25) is 0 Å². The van der Waals surface area contributed by atoms with Gasteiger partial charge < -0.3 is 9.30 Å². The first kappa shape index (κ1) is 32.8. The molecule has 9 aromatic carbocycles. The van der Waals surface area contributed by atoms with E-state index in [1.54, 1.807) is 0 Å². The molecule has 1 aliphatic heterocycles. The van der Waals surface area contributed by atoms with Crippen LogP contribution in [0.1, 0.15) is 11.5 Å². The molecule has 0 spiro atoms. The highest BCUT2D eigenvalue weighted by Gasteiger charge is 2.32. The number of nitrogens with zero attached hydrogens (tertiary/aromatic N) is 1. The van der Waals surface area contributed by atoms with E-state index in [-0.39, 0.29) is 12.0 Å². The topological polar surface area (TPSA) is 14.2 Å². The van der Waals surface area contributed by atoms with Gasteiger partial charge in [-0.3, -0.25) is 0 Å². The first-order valence-electron chi connectivity index (χ1n) is 20.2. The van der Waals surface area contributed by atoms with Gasteiger partial charge in [0.15, 0.2) is 0 Å². The number of allylic oxidation sites excluding steroid dienone is 2. The highest BCUT2D eigenvalue weighted by Crippen LogP contribution is 2.46. The number of hydrogen-bond donors (Lipinski definition) is 0. The third-order valence-electron chi connectivity index (χ3n) is 12.3. The van der Waals surface area contributed by atoms with Crippen molar-refractivity contribution in [2.24, 2.45) is 0 Å². The Morgan fingerprint density at radius 3 is 1.67 bits per heavy atom. The third-order valence-corrected chi connectivity index (χ3v) is 12.3. The smallest absolute Gasteiger partial charge is 0.128 e. The Morgan fingerprint density at radius 2 is 0.914 bits per heavy atom. The Morgan fingerprint density at radius 1 is 0.362 bits per heavy atom. The quantitative estimate of drug-likeness (QED) is 0.160. The maximum absolute atomic E-state index is 6.24. The van der Waals surface area contributed by atoms with Gasteiger partial charge >= 0.3 is 0 Å². The number of ether oxygens (including phenoxy) is 1. The van der Waals surface area contributed by atoms with Gasteiger partial charge in [0.1, 0.15) is 11.9 Å². The summed E-state index contributed by atoms with van der Waals surface area (Å²) < 4.78 is 8.61. The summed E-state index contributed by atoms with van der Waals surface area (Å²) in [6.07, 6.45) is 8.71. The monoisotopic (exact) mass is 739 g/mol. The summed E-state index contributed by atoms with van der Waals surface area (Å²) in [5, 5.41) is 7.52. The number of aromatic nitrogens is 1. The first-order chi connectivity index (χ1) is 28.8. The Labute approximate surface area is 337 Å². The SMILES string of the molecule is C1=CC2Oc3ccc(-c4ccc(-c5c6ccccc6c(-c6cccc(-c7ccc8c(c7)c7ccccc7n8-c7ccccc7)c6)c6ccccc56)cc4)cc3C2C=C1. The van der Waals surface area contributed by atoms with Crippen LogP contribution < -0.4 is 4.74 Å². The van der Waals surface area contributed by atoms with E-state index in [9.17, 15) is 0 Å². The molecular formula is C56H37NO. The van der Waals surface area contributed by atoms with Crippen LogP contribution in [-0.4, -0.2) is 10.7 Å². The van der Waals surface area contributed by atoms with E-state index in [1.165, 1.54) is 99.1 Å². The van der Waals surface area contributed by atoms with Gasteiger partial charge in [-0.15, -0.1) is 0 Å². The zero-order valence-corrected chi connectivity index (χ0v) is 31.7. The maximum atomic E-state index is 6.24. The molecule has 1 aliphatic carbocycles. The van der Waals surface area contributed by atoms with Gasteiger partial charge in [-0.1, -0.05) is 158 Å². The lowest BCUT2D eigenvalue weighted by atomic mass is 9.85. The Kier molecular flexibility index (Phi) is 7.39. The van der Waals surface area contributed by atoms with E-state index in [2.05, 4.69) is 217 Å². The number of benzene rings is 9. The number of fused-ring (bicyclic) bond motifs is 8. The molecule has 0 N–H and O–H groups in total. The molecule has 2 heterocycles. The van der Waals surface area contributed by atoms with Gasteiger partial charge in [-0.05, 0) is 121 Å².